The molecule has 0 aromatic carbocycles. The number of aliphatic hydroxyl groups is 1. The Kier molecular flexibility index (Phi) is 3.86. The van der Waals surface area contributed by atoms with Crippen molar-refractivity contribution >= 4 is 0 Å². The molecule has 5 heavy (non-hydrogen) atoms. The van der Waals surface area contributed by atoms with Gasteiger partial charge in [-0.3, -0.25) is 5.32 Å². The molecule has 0 atom stereocenters. The molecule has 0 aliphatic heterocycles. The van der Waals surface area contributed by atoms with Crippen LogP contribution in [-0.2, 0) is 0 Å². The van der Waals surface area contributed by atoms with Gasteiger partial charge in [-0.25, -0.2) is 0 Å². The highest BCUT2D eigenvalue weighted by Gasteiger charge is 1.63. The van der Waals surface area contributed by atoms with Crippen molar-refractivity contribution in [2.75, 3.05) is 13.3 Å². The molecule has 0 aliphatic rings. The summed E-state index contributed by atoms with van der Waals surface area (Å²) in [7, 11) is 0. The Morgan fingerprint density at radius 2 is 2.40 bits per heavy atom. The maximum Gasteiger partial charge on any atom is 0.0931 e. The molecule has 0 saturated heterocycles. The summed E-state index contributed by atoms with van der Waals surface area (Å²) in [6, 6.07) is 0. The maximum atomic E-state index is 7.96. The van der Waals surface area contributed by atoms with E-state index in [0.717, 1.165) is 6.54 Å². The van der Waals surface area contributed by atoms with Gasteiger partial charge in [-0.05, 0) is 6.54 Å². The van der Waals surface area contributed by atoms with Crippen molar-refractivity contribution in [3.8, 4) is 0 Å². The summed E-state index contributed by atoms with van der Waals surface area (Å²) >= 11 is 0. The van der Waals surface area contributed by atoms with E-state index in [-0.39, 0.29) is 6.73 Å². The Bertz CT molecular complexity index is 14.4. The molecule has 0 spiro atoms. The van der Waals surface area contributed by atoms with Crippen LogP contribution in [0.3, 0.4) is 0 Å². The summed E-state index contributed by atoms with van der Waals surface area (Å²) < 4.78 is 0. The van der Waals surface area contributed by atoms with E-state index in [9.17, 15) is 0 Å². The van der Waals surface area contributed by atoms with E-state index in [4.69, 9.17) is 5.11 Å². The van der Waals surface area contributed by atoms with Crippen LogP contribution < -0.4 is 5.32 Å². The fraction of sp³-hybridized carbons (Fsp3) is 1.00. The average Bonchev–Trinajstić information content (AvgIpc) is 1.41. The molecule has 0 fully saturated rings. The molecular formula is C3H9NO. The summed E-state index contributed by atoms with van der Waals surface area (Å²) in [5.41, 5.74) is 0. The van der Waals surface area contributed by atoms with Gasteiger partial charge in [0, 0.05) is 0 Å². The summed E-state index contributed by atoms with van der Waals surface area (Å²) in [5, 5.41) is 10.6. The monoisotopic (exact) mass is 75.1 g/mol. The number of hydrogen-bond acceptors (Lipinski definition) is 2. The van der Waals surface area contributed by atoms with E-state index in [1.165, 1.54) is 0 Å². The van der Waals surface area contributed by atoms with E-state index in [1.54, 1.807) is 0 Å². The molecule has 0 aromatic heterocycles. The van der Waals surface area contributed by atoms with Gasteiger partial charge in [0.15, 0.2) is 0 Å². The first-order valence-electron chi connectivity index (χ1n) is 1.73. The van der Waals surface area contributed by atoms with Gasteiger partial charge in [-0.15, -0.1) is 0 Å². The van der Waals surface area contributed by atoms with Crippen molar-refractivity contribution in [3.63, 3.8) is 0 Å². The Labute approximate surface area is 31.8 Å². The molecule has 0 aromatic rings. The molecule has 0 aliphatic carbocycles. The van der Waals surface area contributed by atoms with Crippen LogP contribution >= 0.6 is 0 Å². The van der Waals surface area contributed by atoms with Crippen LogP contribution in [0.1, 0.15) is 6.92 Å². The summed E-state index contributed by atoms with van der Waals surface area (Å²) in [6.45, 7) is 2.88. The van der Waals surface area contributed by atoms with Crippen molar-refractivity contribution in [1.82, 2.24) is 5.32 Å². The highest BCUT2D eigenvalue weighted by molar-refractivity contribution is 4.20. The van der Waals surface area contributed by atoms with Gasteiger partial charge in [0.2, 0.25) is 0 Å². The molecule has 0 saturated carbocycles. The normalized spacial score (nSPS) is 8.40. The summed E-state index contributed by atoms with van der Waals surface area (Å²) in [4.78, 5) is 0. The van der Waals surface area contributed by atoms with Crippen molar-refractivity contribution in [2.45, 2.75) is 6.92 Å². The number of aliphatic hydroxyl groups excluding tert-OH is 1. The predicted octanol–water partition coefficient (Wildman–Crippen LogP) is -0.454. The molecule has 0 rings (SSSR count). The largest absolute Gasteiger partial charge is 0.381 e. The highest BCUT2D eigenvalue weighted by atomic mass is 16.3. The third kappa shape index (κ3) is 3.92. The van der Waals surface area contributed by atoms with Gasteiger partial charge in [-0.2, -0.15) is 0 Å². The van der Waals surface area contributed by atoms with Gasteiger partial charge in [0.25, 0.3) is 0 Å². The van der Waals surface area contributed by atoms with Gasteiger partial charge < -0.3 is 5.11 Å². The molecule has 0 heterocycles. The lowest BCUT2D eigenvalue weighted by molar-refractivity contribution is 0.264. The van der Waals surface area contributed by atoms with Crippen molar-refractivity contribution in [1.29, 1.82) is 0 Å². The number of nitrogens with one attached hydrogen (secondary N) is 1. The molecule has 0 bridgehead atoms. The zero-order valence-corrected chi connectivity index (χ0v) is 3.36. The second-order valence-corrected chi connectivity index (χ2v) is 0.762. The maximum absolute atomic E-state index is 7.96. The molecule has 2 N–H and O–H groups in total. The number of rotatable bonds is 2. The van der Waals surface area contributed by atoms with Crippen LogP contribution in [0.15, 0.2) is 0 Å². The van der Waals surface area contributed by atoms with Crippen LogP contribution in [0.25, 0.3) is 0 Å². The lowest BCUT2D eigenvalue weighted by Gasteiger charge is -1.85. The third-order valence-electron chi connectivity index (χ3n) is 0.362. The fourth-order valence-corrected chi connectivity index (χ4v) is 0.112. The second-order valence-electron chi connectivity index (χ2n) is 0.762. The standard InChI is InChI=1S/C3H9NO/c1-2-4-3-5/h4-5H,2-3H2,1H3. The van der Waals surface area contributed by atoms with Crippen LogP contribution in [0.4, 0.5) is 0 Å². The van der Waals surface area contributed by atoms with Crippen molar-refractivity contribution < 1.29 is 5.11 Å². The van der Waals surface area contributed by atoms with Crippen molar-refractivity contribution in [3.05, 3.63) is 0 Å². The molecular weight excluding hydrogens is 66.0 g/mol. The van der Waals surface area contributed by atoms with Crippen LogP contribution in [0.2, 0.25) is 0 Å². The molecule has 32 valence electrons. The Hall–Kier alpha value is -0.0800. The third-order valence-corrected chi connectivity index (χ3v) is 0.362. The summed E-state index contributed by atoms with van der Waals surface area (Å²) in [6.07, 6.45) is 0. The molecule has 0 unspecified atom stereocenters. The zero-order chi connectivity index (χ0) is 4.12. The van der Waals surface area contributed by atoms with Gasteiger partial charge in [0.1, 0.15) is 0 Å². The lowest BCUT2D eigenvalue weighted by atomic mass is 10.8. The smallest absolute Gasteiger partial charge is 0.0931 e. The summed E-state index contributed by atoms with van der Waals surface area (Å²) in [5.74, 6) is 0. The number of hydrogen-bond donors (Lipinski definition) is 2. The Balaban J connectivity index is 2.19. The zero-order valence-electron chi connectivity index (χ0n) is 3.36. The minimum atomic E-state index is 0.0938. The molecule has 2 nitrogen and oxygen atoms in total. The SMILES string of the molecule is CCNCO. The van der Waals surface area contributed by atoms with E-state index < -0.39 is 0 Å². The van der Waals surface area contributed by atoms with Crippen molar-refractivity contribution in [2.24, 2.45) is 0 Å². The second kappa shape index (κ2) is 3.92. The van der Waals surface area contributed by atoms with E-state index in [2.05, 4.69) is 5.32 Å². The van der Waals surface area contributed by atoms with Crippen LogP contribution in [-0.4, -0.2) is 18.4 Å². The van der Waals surface area contributed by atoms with Gasteiger partial charge >= 0.3 is 0 Å². The lowest BCUT2D eigenvalue weighted by Crippen LogP contribution is -2.12. The average molecular weight is 75.1 g/mol. The predicted molar refractivity (Wildman–Crippen MR) is 20.8 cm³/mol. The highest BCUT2D eigenvalue weighted by Crippen LogP contribution is 1.43. The molecule has 0 amide bonds. The molecule has 2 heteroatoms. The Morgan fingerprint density at radius 3 is 2.40 bits per heavy atom. The van der Waals surface area contributed by atoms with Crippen LogP contribution in [0, 0.1) is 0 Å². The molecule has 0 radical (unpaired) electrons. The minimum absolute atomic E-state index is 0.0938. The van der Waals surface area contributed by atoms with Crippen LogP contribution in [0.5, 0.6) is 0 Å². The van der Waals surface area contributed by atoms with Gasteiger partial charge in [-0.1, -0.05) is 6.92 Å². The first kappa shape index (κ1) is 4.92. The Morgan fingerprint density at radius 1 is 1.80 bits per heavy atom. The fourth-order valence-electron chi connectivity index (χ4n) is 0.112. The van der Waals surface area contributed by atoms with Gasteiger partial charge in [0.05, 0.1) is 6.73 Å². The van der Waals surface area contributed by atoms with E-state index in [0.29, 0.717) is 0 Å². The topological polar surface area (TPSA) is 32.3 Å². The quantitative estimate of drug-likeness (QED) is 0.435. The van der Waals surface area contributed by atoms with E-state index >= 15 is 0 Å². The first-order valence-corrected chi connectivity index (χ1v) is 1.73. The minimum Gasteiger partial charge on any atom is -0.381 e. The van der Waals surface area contributed by atoms with E-state index in [1.807, 2.05) is 6.92 Å². The first-order chi connectivity index (χ1) is 2.41.